The summed E-state index contributed by atoms with van der Waals surface area (Å²) in [5.74, 6) is 0.0506. The Labute approximate surface area is 140 Å². The fourth-order valence-corrected chi connectivity index (χ4v) is 4.16. The van der Waals surface area contributed by atoms with Gasteiger partial charge in [0, 0.05) is 13.0 Å². The number of amides is 1. The van der Waals surface area contributed by atoms with Crippen LogP contribution in [-0.2, 0) is 11.2 Å². The van der Waals surface area contributed by atoms with Gasteiger partial charge in [-0.05, 0) is 44.2 Å². The summed E-state index contributed by atoms with van der Waals surface area (Å²) in [5.41, 5.74) is 0.409. The van der Waals surface area contributed by atoms with E-state index in [1.54, 1.807) is 11.3 Å². The summed E-state index contributed by atoms with van der Waals surface area (Å²) in [6, 6.07) is 8.18. The van der Waals surface area contributed by atoms with Crippen LogP contribution >= 0.6 is 11.3 Å². The Morgan fingerprint density at radius 3 is 2.83 bits per heavy atom. The molecule has 1 aliphatic rings. The Kier molecular flexibility index (Phi) is 5.28. The van der Waals surface area contributed by atoms with Crippen LogP contribution in [0, 0.1) is 0 Å². The van der Waals surface area contributed by atoms with E-state index in [1.807, 2.05) is 18.2 Å². The lowest BCUT2D eigenvalue weighted by Crippen LogP contribution is -2.40. The molecule has 2 aromatic rings. The zero-order chi connectivity index (χ0) is 16.1. The number of carbonyl (C=O) groups excluding carboxylic acids is 1. The molecule has 1 heterocycles. The average molecular weight is 332 g/mol. The molecule has 1 fully saturated rings. The van der Waals surface area contributed by atoms with Crippen LogP contribution in [0.4, 0.5) is 0 Å². The molecular formula is C18H24N2O2S. The van der Waals surface area contributed by atoms with Crippen molar-refractivity contribution >= 4 is 27.5 Å². The lowest BCUT2D eigenvalue weighted by molar-refractivity contribution is -0.122. The van der Waals surface area contributed by atoms with E-state index >= 15 is 0 Å². The number of para-hydroxylation sites is 1. The number of aromatic nitrogens is 1. The second-order valence-corrected chi connectivity index (χ2v) is 7.61. The molecule has 1 aromatic carbocycles. The minimum atomic E-state index is -0.656. The van der Waals surface area contributed by atoms with Crippen LogP contribution in [-0.4, -0.2) is 28.1 Å². The molecule has 0 saturated heterocycles. The van der Waals surface area contributed by atoms with Crippen molar-refractivity contribution < 1.29 is 9.90 Å². The zero-order valence-electron chi connectivity index (χ0n) is 13.4. The number of nitrogens with one attached hydrogen (secondary N) is 1. The molecule has 4 nitrogen and oxygen atoms in total. The van der Waals surface area contributed by atoms with Gasteiger partial charge in [0.05, 0.1) is 20.8 Å². The summed E-state index contributed by atoms with van der Waals surface area (Å²) < 4.78 is 1.23. The molecule has 5 heteroatoms. The maximum atomic E-state index is 11.9. The van der Waals surface area contributed by atoms with Gasteiger partial charge >= 0.3 is 0 Å². The van der Waals surface area contributed by atoms with Crippen molar-refractivity contribution in [2.75, 3.05) is 6.54 Å². The van der Waals surface area contributed by atoms with Gasteiger partial charge in [-0.25, -0.2) is 4.98 Å². The summed E-state index contributed by atoms with van der Waals surface area (Å²) in [6.07, 6.45) is 7.04. The molecule has 0 unspecified atom stereocenters. The number of benzene rings is 1. The Hall–Kier alpha value is -1.46. The lowest BCUT2D eigenvalue weighted by atomic mass is 10.0. The average Bonchev–Trinajstić information content (AvgIpc) is 3.16. The number of rotatable bonds is 7. The molecule has 0 aliphatic heterocycles. The van der Waals surface area contributed by atoms with Crippen LogP contribution in [0.25, 0.3) is 10.2 Å². The third kappa shape index (κ3) is 4.52. The van der Waals surface area contributed by atoms with Crippen molar-refractivity contribution in [2.24, 2.45) is 0 Å². The van der Waals surface area contributed by atoms with Gasteiger partial charge in [-0.15, -0.1) is 11.3 Å². The summed E-state index contributed by atoms with van der Waals surface area (Å²) in [4.78, 5) is 16.5. The van der Waals surface area contributed by atoms with Crippen molar-refractivity contribution in [3.8, 4) is 0 Å². The molecule has 124 valence electrons. The van der Waals surface area contributed by atoms with Gasteiger partial charge in [0.25, 0.3) is 0 Å². The quantitative estimate of drug-likeness (QED) is 0.764. The Morgan fingerprint density at radius 2 is 2.04 bits per heavy atom. The first kappa shape index (κ1) is 16.4. The molecule has 1 aliphatic carbocycles. The van der Waals surface area contributed by atoms with E-state index in [2.05, 4.69) is 16.4 Å². The molecule has 0 bridgehead atoms. The standard InChI is InChI=1S/C18H24N2O2S/c21-16(19-13-18(22)11-5-6-12-18)9-3-4-10-17-20-14-7-1-2-8-15(14)23-17/h1-2,7-8,22H,3-6,9-13H2,(H,19,21). The second-order valence-electron chi connectivity index (χ2n) is 6.49. The number of thiazole rings is 1. The summed E-state index contributed by atoms with van der Waals surface area (Å²) in [7, 11) is 0. The van der Waals surface area contributed by atoms with E-state index < -0.39 is 5.60 Å². The number of aryl methyl sites for hydroxylation is 1. The summed E-state index contributed by atoms with van der Waals surface area (Å²) in [5, 5.41) is 14.2. The number of fused-ring (bicyclic) bond motifs is 1. The Balaban J connectivity index is 1.35. The van der Waals surface area contributed by atoms with Crippen LogP contribution < -0.4 is 5.32 Å². The van der Waals surface area contributed by atoms with Crippen molar-refractivity contribution in [3.05, 3.63) is 29.3 Å². The first-order valence-electron chi connectivity index (χ1n) is 8.48. The highest BCUT2D eigenvalue weighted by Crippen LogP contribution is 2.28. The van der Waals surface area contributed by atoms with Crippen molar-refractivity contribution in [3.63, 3.8) is 0 Å². The molecular weight excluding hydrogens is 308 g/mol. The van der Waals surface area contributed by atoms with Crippen LogP contribution in [0.2, 0.25) is 0 Å². The predicted molar refractivity (Wildman–Crippen MR) is 93.6 cm³/mol. The van der Waals surface area contributed by atoms with Gasteiger partial charge in [-0.2, -0.15) is 0 Å². The Morgan fingerprint density at radius 1 is 1.26 bits per heavy atom. The number of nitrogens with zero attached hydrogens (tertiary/aromatic N) is 1. The summed E-state index contributed by atoms with van der Waals surface area (Å²) in [6.45, 7) is 0.406. The van der Waals surface area contributed by atoms with Gasteiger partial charge in [0.2, 0.25) is 5.91 Å². The van der Waals surface area contributed by atoms with Crippen molar-refractivity contribution in [1.82, 2.24) is 10.3 Å². The van der Waals surface area contributed by atoms with Crippen molar-refractivity contribution in [1.29, 1.82) is 0 Å². The molecule has 0 radical (unpaired) electrons. The monoisotopic (exact) mass is 332 g/mol. The Bertz CT molecular complexity index is 629. The van der Waals surface area contributed by atoms with E-state index in [0.29, 0.717) is 13.0 Å². The largest absolute Gasteiger partial charge is 0.388 e. The first-order chi connectivity index (χ1) is 11.1. The third-order valence-electron chi connectivity index (χ3n) is 4.53. The molecule has 1 saturated carbocycles. The normalized spacial score (nSPS) is 16.7. The first-order valence-corrected chi connectivity index (χ1v) is 9.30. The summed E-state index contributed by atoms with van der Waals surface area (Å²) >= 11 is 1.74. The van der Waals surface area contributed by atoms with Crippen LogP contribution in [0.1, 0.15) is 50.0 Å². The van der Waals surface area contributed by atoms with Crippen molar-refractivity contribution in [2.45, 2.75) is 57.0 Å². The smallest absolute Gasteiger partial charge is 0.220 e. The number of carbonyl (C=O) groups is 1. The molecule has 23 heavy (non-hydrogen) atoms. The highest BCUT2D eigenvalue weighted by Gasteiger charge is 2.31. The van der Waals surface area contributed by atoms with Gasteiger partial charge in [-0.1, -0.05) is 25.0 Å². The lowest BCUT2D eigenvalue weighted by Gasteiger charge is -2.22. The number of hydrogen-bond donors (Lipinski definition) is 2. The number of aliphatic hydroxyl groups is 1. The number of unbranched alkanes of at least 4 members (excludes halogenated alkanes) is 1. The highest BCUT2D eigenvalue weighted by molar-refractivity contribution is 7.18. The fraction of sp³-hybridized carbons (Fsp3) is 0.556. The van der Waals surface area contributed by atoms with Crippen LogP contribution in [0.15, 0.2) is 24.3 Å². The molecule has 0 spiro atoms. The van der Waals surface area contributed by atoms with E-state index in [0.717, 1.165) is 55.5 Å². The molecule has 0 atom stereocenters. The number of hydrogen-bond acceptors (Lipinski definition) is 4. The molecule has 1 amide bonds. The van der Waals surface area contributed by atoms with E-state index in [9.17, 15) is 9.90 Å². The molecule has 3 rings (SSSR count). The third-order valence-corrected chi connectivity index (χ3v) is 5.63. The van der Waals surface area contributed by atoms with Crippen LogP contribution in [0.5, 0.6) is 0 Å². The minimum absolute atomic E-state index is 0.0506. The van der Waals surface area contributed by atoms with E-state index in [1.165, 1.54) is 4.70 Å². The fourth-order valence-electron chi connectivity index (χ4n) is 3.15. The maximum Gasteiger partial charge on any atom is 0.220 e. The molecule has 2 N–H and O–H groups in total. The minimum Gasteiger partial charge on any atom is -0.388 e. The predicted octanol–water partition coefficient (Wildman–Crippen LogP) is 3.43. The van der Waals surface area contributed by atoms with Gasteiger partial charge in [0.1, 0.15) is 0 Å². The van der Waals surface area contributed by atoms with E-state index in [4.69, 9.17) is 0 Å². The maximum absolute atomic E-state index is 11.9. The van der Waals surface area contributed by atoms with Gasteiger partial charge in [0.15, 0.2) is 0 Å². The van der Waals surface area contributed by atoms with Crippen LogP contribution in [0.3, 0.4) is 0 Å². The highest BCUT2D eigenvalue weighted by atomic mass is 32.1. The van der Waals surface area contributed by atoms with Gasteiger partial charge < -0.3 is 10.4 Å². The zero-order valence-corrected chi connectivity index (χ0v) is 14.2. The van der Waals surface area contributed by atoms with Gasteiger partial charge in [-0.3, -0.25) is 4.79 Å². The van der Waals surface area contributed by atoms with E-state index in [-0.39, 0.29) is 5.91 Å². The SMILES string of the molecule is O=C(CCCCc1nc2ccccc2s1)NCC1(O)CCCC1. The molecule has 1 aromatic heterocycles. The second kappa shape index (κ2) is 7.41. The topological polar surface area (TPSA) is 62.2 Å².